The van der Waals surface area contributed by atoms with E-state index in [1.165, 1.54) is 13.8 Å². The standard InChI is InChI=1S/C20H32N4O10S/c1-4-32-16(26)19(2,3)12-33-35(30,31)34-20(9-8-13-11-24(20)17(27)21-13)15(25)22-14-7-5-6-10-23(14)18(28)29/h13-14H,4-12H2,1-3H3,(H,21,27)(H,22,25)(H,28,29)/t13-,14?,20+/m1/s1. The van der Waals surface area contributed by atoms with Gasteiger partial charge in [0.15, 0.2) is 0 Å². The molecule has 3 saturated heterocycles. The van der Waals surface area contributed by atoms with Gasteiger partial charge >= 0.3 is 28.5 Å². The summed E-state index contributed by atoms with van der Waals surface area (Å²) in [6.07, 6.45) is -0.485. The number of hydrogen-bond acceptors (Lipinski definition) is 9. The molecule has 0 aromatic carbocycles. The van der Waals surface area contributed by atoms with Crippen LogP contribution in [0.15, 0.2) is 0 Å². The van der Waals surface area contributed by atoms with E-state index < -0.39 is 58.3 Å². The first-order chi connectivity index (χ1) is 16.3. The summed E-state index contributed by atoms with van der Waals surface area (Å²) in [6, 6.07) is -0.980. The summed E-state index contributed by atoms with van der Waals surface area (Å²) in [5.41, 5.74) is -3.62. The molecule has 0 spiro atoms. The minimum atomic E-state index is -4.91. The Kier molecular flexibility index (Phi) is 7.81. The molecule has 198 valence electrons. The zero-order valence-electron chi connectivity index (χ0n) is 19.9. The summed E-state index contributed by atoms with van der Waals surface area (Å²) in [5.74, 6) is -1.66. The Morgan fingerprint density at radius 3 is 2.63 bits per heavy atom. The second kappa shape index (κ2) is 10.1. The van der Waals surface area contributed by atoms with Gasteiger partial charge in [-0.2, -0.15) is 8.42 Å². The number of rotatable bonds is 9. The molecule has 14 nitrogen and oxygen atoms in total. The highest BCUT2D eigenvalue weighted by molar-refractivity contribution is 7.81. The molecule has 0 radical (unpaired) electrons. The third-order valence-electron chi connectivity index (χ3n) is 6.28. The Hall–Kier alpha value is -2.65. The maximum Gasteiger partial charge on any atom is 0.408 e. The summed E-state index contributed by atoms with van der Waals surface area (Å²) >= 11 is 0. The van der Waals surface area contributed by atoms with Gasteiger partial charge in [-0.15, -0.1) is 0 Å². The first kappa shape index (κ1) is 26.9. The first-order valence-corrected chi connectivity index (χ1v) is 12.8. The van der Waals surface area contributed by atoms with Gasteiger partial charge < -0.3 is 20.5 Å². The topological polar surface area (TPSA) is 181 Å². The number of nitrogens with one attached hydrogen (secondary N) is 2. The smallest absolute Gasteiger partial charge is 0.408 e. The lowest BCUT2D eigenvalue weighted by Crippen LogP contribution is -2.66. The van der Waals surface area contributed by atoms with Gasteiger partial charge in [0, 0.05) is 25.6 Å². The number of carbonyl (C=O) groups excluding carboxylic acids is 3. The van der Waals surface area contributed by atoms with E-state index in [1.54, 1.807) is 6.92 Å². The van der Waals surface area contributed by atoms with Crippen molar-refractivity contribution < 1.29 is 45.8 Å². The molecular formula is C20H32N4O10S. The molecule has 3 fully saturated rings. The van der Waals surface area contributed by atoms with E-state index >= 15 is 0 Å². The monoisotopic (exact) mass is 520 g/mol. The molecule has 3 heterocycles. The van der Waals surface area contributed by atoms with Crippen LogP contribution in [0.2, 0.25) is 0 Å². The molecule has 0 aromatic heterocycles. The van der Waals surface area contributed by atoms with Crippen LogP contribution in [-0.4, -0.2) is 91.6 Å². The number of ether oxygens (including phenoxy) is 1. The summed E-state index contributed by atoms with van der Waals surface area (Å²) in [7, 11) is -4.91. The Balaban J connectivity index is 1.83. The average Bonchev–Trinajstić information content (AvgIpc) is 3.11. The molecule has 1 unspecified atom stereocenters. The van der Waals surface area contributed by atoms with Gasteiger partial charge in [-0.3, -0.25) is 19.4 Å². The maximum atomic E-state index is 13.5. The van der Waals surface area contributed by atoms with Crippen LogP contribution in [-0.2, 0) is 33.1 Å². The van der Waals surface area contributed by atoms with Gasteiger partial charge in [0.05, 0.1) is 18.6 Å². The molecular weight excluding hydrogens is 488 g/mol. The average molecular weight is 521 g/mol. The third-order valence-corrected chi connectivity index (χ3v) is 7.16. The summed E-state index contributed by atoms with van der Waals surface area (Å²) in [6.45, 7) is 4.13. The zero-order valence-corrected chi connectivity index (χ0v) is 20.8. The lowest BCUT2D eigenvalue weighted by Gasteiger charge is -2.42. The van der Waals surface area contributed by atoms with Crippen LogP contribution in [0, 0.1) is 5.41 Å². The Labute approximate surface area is 203 Å². The van der Waals surface area contributed by atoms with Crippen LogP contribution in [0.1, 0.15) is 52.9 Å². The zero-order chi connectivity index (χ0) is 26.0. The maximum absolute atomic E-state index is 13.5. The molecule has 0 aliphatic carbocycles. The van der Waals surface area contributed by atoms with Gasteiger partial charge in [0.25, 0.3) is 5.91 Å². The number of piperidine rings is 2. The van der Waals surface area contributed by atoms with E-state index in [4.69, 9.17) is 13.1 Å². The predicted molar refractivity (Wildman–Crippen MR) is 118 cm³/mol. The highest BCUT2D eigenvalue weighted by Crippen LogP contribution is 2.36. The largest absolute Gasteiger partial charge is 0.466 e. The predicted octanol–water partition coefficient (Wildman–Crippen LogP) is 0.344. The van der Waals surface area contributed by atoms with Gasteiger partial charge in [-0.1, -0.05) is 0 Å². The molecule has 3 N–H and O–H groups in total. The van der Waals surface area contributed by atoms with Gasteiger partial charge in [-0.05, 0) is 46.5 Å². The van der Waals surface area contributed by atoms with E-state index in [0.717, 1.165) is 9.80 Å². The van der Waals surface area contributed by atoms with Crippen molar-refractivity contribution in [2.24, 2.45) is 5.41 Å². The van der Waals surface area contributed by atoms with Crippen molar-refractivity contribution in [2.45, 2.75) is 70.8 Å². The summed E-state index contributed by atoms with van der Waals surface area (Å²) < 4.78 is 40.8. The highest BCUT2D eigenvalue weighted by atomic mass is 32.3. The number of nitrogens with zero attached hydrogens (tertiary/aromatic N) is 2. The second-order valence-electron chi connectivity index (χ2n) is 9.40. The fraction of sp³-hybridized carbons (Fsp3) is 0.800. The van der Waals surface area contributed by atoms with Crippen LogP contribution in [0.25, 0.3) is 0 Å². The molecule has 15 heteroatoms. The molecule has 3 rings (SSSR count). The minimum Gasteiger partial charge on any atom is -0.466 e. The number of amides is 4. The summed E-state index contributed by atoms with van der Waals surface area (Å²) in [5, 5.41) is 14.7. The number of carbonyl (C=O) groups is 4. The third kappa shape index (κ3) is 5.78. The van der Waals surface area contributed by atoms with E-state index in [2.05, 4.69) is 10.6 Å². The fourth-order valence-corrected chi connectivity index (χ4v) is 5.39. The van der Waals surface area contributed by atoms with Crippen molar-refractivity contribution in [1.82, 2.24) is 20.4 Å². The molecule has 0 saturated carbocycles. The van der Waals surface area contributed by atoms with Gasteiger partial charge in [0.2, 0.25) is 5.72 Å². The lowest BCUT2D eigenvalue weighted by molar-refractivity contribution is -0.159. The van der Waals surface area contributed by atoms with Crippen molar-refractivity contribution in [2.75, 3.05) is 26.3 Å². The molecule has 3 aliphatic heterocycles. The van der Waals surface area contributed by atoms with Crippen molar-refractivity contribution in [3.05, 3.63) is 0 Å². The van der Waals surface area contributed by atoms with E-state index in [9.17, 15) is 32.7 Å². The van der Waals surface area contributed by atoms with Crippen LogP contribution in [0.4, 0.5) is 9.59 Å². The molecule has 35 heavy (non-hydrogen) atoms. The van der Waals surface area contributed by atoms with Crippen LogP contribution >= 0.6 is 0 Å². The van der Waals surface area contributed by atoms with Crippen LogP contribution in [0.3, 0.4) is 0 Å². The van der Waals surface area contributed by atoms with E-state index in [1.807, 2.05) is 0 Å². The van der Waals surface area contributed by atoms with Crippen molar-refractivity contribution >= 4 is 34.4 Å². The Morgan fingerprint density at radius 2 is 1.97 bits per heavy atom. The number of urea groups is 1. The first-order valence-electron chi connectivity index (χ1n) is 11.5. The van der Waals surface area contributed by atoms with Crippen molar-refractivity contribution in [3.63, 3.8) is 0 Å². The second-order valence-corrected chi connectivity index (χ2v) is 10.6. The summed E-state index contributed by atoms with van der Waals surface area (Å²) in [4.78, 5) is 51.8. The normalized spacial score (nSPS) is 26.8. The Morgan fingerprint density at radius 1 is 1.26 bits per heavy atom. The van der Waals surface area contributed by atoms with Crippen LogP contribution in [0.5, 0.6) is 0 Å². The molecule has 0 aromatic rings. The quantitative estimate of drug-likeness (QED) is 0.359. The number of hydrogen-bond donors (Lipinski definition) is 3. The van der Waals surface area contributed by atoms with Crippen molar-refractivity contribution in [3.8, 4) is 0 Å². The lowest BCUT2D eigenvalue weighted by atomic mass is 9.95. The minimum absolute atomic E-state index is 0.0173. The molecule has 3 aliphatic rings. The fourth-order valence-electron chi connectivity index (χ4n) is 4.31. The molecule has 3 atom stereocenters. The Bertz CT molecular complexity index is 971. The van der Waals surface area contributed by atoms with Crippen molar-refractivity contribution in [1.29, 1.82) is 0 Å². The number of fused-ring (bicyclic) bond motifs is 2. The van der Waals surface area contributed by atoms with E-state index in [-0.39, 0.29) is 38.6 Å². The number of likely N-dealkylation sites (tertiary alicyclic amines) is 1. The highest BCUT2D eigenvalue weighted by Gasteiger charge is 2.58. The van der Waals surface area contributed by atoms with E-state index in [0.29, 0.717) is 19.3 Å². The number of carboxylic acid groups (broad SMARTS) is 1. The molecule has 4 amide bonds. The van der Waals surface area contributed by atoms with Crippen LogP contribution < -0.4 is 10.6 Å². The van der Waals surface area contributed by atoms with Gasteiger partial charge in [-0.25, -0.2) is 18.0 Å². The SMILES string of the molecule is CCOC(=O)C(C)(C)COS(=O)(=O)O[C@]1(C(=O)NC2CCCCN2C(=O)O)CC[C@@H]2CN1C(=O)N2. The molecule has 2 bridgehead atoms. The number of esters is 1. The van der Waals surface area contributed by atoms with Gasteiger partial charge in [0.1, 0.15) is 6.17 Å².